The molecule has 7 heteroatoms. The third-order valence-corrected chi connectivity index (χ3v) is 4.60. The summed E-state index contributed by atoms with van der Waals surface area (Å²) in [4.78, 5) is 16.7. The summed E-state index contributed by atoms with van der Waals surface area (Å²) in [6, 6.07) is 8.78. The van der Waals surface area contributed by atoms with Gasteiger partial charge in [0, 0.05) is 28.0 Å². The number of carbonyl (C=O) groups is 1. The lowest BCUT2D eigenvalue weighted by Crippen LogP contribution is -2.11. The average molecular weight is 346 g/mol. The van der Waals surface area contributed by atoms with E-state index < -0.39 is 0 Å². The molecule has 1 fully saturated rings. The number of anilines is 1. The van der Waals surface area contributed by atoms with Crippen LogP contribution in [0.3, 0.4) is 0 Å². The molecule has 116 valence electrons. The van der Waals surface area contributed by atoms with Crippen LogP contribution in [0.5, 0.6) is 0 Å². The van der Waals surface area contributed by atoms with Gasteiger partial charge in [-0.05, 0) is 25.0 Å². The highest BCUT2D eigenvalue weighted by Crippen LogP contribution is 2.40. The van der Waals surface area contributed by atoms with Gasteiger partial charge in [0.25, 0.3) is 5.91 Å². The van der Waals surface area contributed by atoms with Crippen molar-refractivity contribution in [2.24, 2.45) is 0 Å². The van der Waals surface area contributed by atoms with Crippen LogP contribution in [-0.2, 0) is 0 Å². The molecule has 0 saturated heterocycles. The quantitative estimate of drug-likeness (QED) is 0.751. The average Bonchev–Trinajstić information content (AvgIpc) is 3.09. The summed E-state index contributed by atoms with van der Waals surface area (Å²) < 4.78 is 5.23. The Morgan fingerprint density at radius 1 is 1.35 bits per heavy atom. The first-order chi connectivity index (χ1) is 11.2. The summed E-state index contributed by atoms with van der Waals surface area (Å²) in [6.07, 6.45) is 2.37. The molecule has 1 amide bonds. The normalized spacial score (nSPS) is 14.0. The minimum absolute atomic E-state index is 0.211. The lowest BCUT2D eigenvalue weighted by molar-refractivity contribution is 0.101. The van der Waals surface area contributed by atoms with Crippen LogP contribution in [0.2, 0.25) is 5.02 Å². The third-order valence-electron chi connectivity index (χ3n) is 3.59. The maximum atomic E-state index is 12.2. The molecule has 0 radical (unpaired) electrons. The zero-order valence-electron chi connectivity index (χ0n) is 12.0. The summed E-state index contributed by atoms with van der Waals surface area (Å²) in [5.74, 6) is 0.729. The van der Waals surface area contributed by atoms with E-state index in [0.29, 0.717) is 21.8 Å². The molecule has 1 aromatic carbocycles. The van der Waals surface area contributed by atoms with E-state index in [2.05, 4.69) is 15.5 Å². The van der Waals surface area contributed by atoms with Gasteiger partial charge in [0.05, 0.1) is 5.69 Å². The predicted molar refractivity (Wildman–Crippen MR) is 89.0 cm³/mol. The Labute approximate surface area is 141 Å². The Balaban J connectivity index is 1.50. The Morgan fingerprint density at radius 3 is 3.00 bits per heavy atom. The van der Waals surface area contributed by atoms with Gasteiger partial charge in [0.15, 0.2) is 16.6 Å². The minimum atomic E-state index is -0.335. The zero-order valence-corrected chi connectivity index (χ0v) is 13.5. The molecule has 3 aromatic rings. The zero-order chi connectivity index (χ0) is 15.8. The Kier molecular flexibility index (Phi) is 3.63. The molecule has 0 unspecified atom stereocenters. The first-order valence-electron chi connectivity index (χ1n) is 7.18. The number of thiazole rings is 1. The number of nitrogens with one attached hydrogen (secondary N) is 1. The van der Waals surface area contributed by atoms with Gasteiger partial charge in [-0.25, -0.2) is 4.98 Å². The SMILES string of the molecule is O=C(Nc1nc(C2CC2)cs1)c1cc(-c2cccc(Cl)c2)on1. The molecule has 0 aliphatic heterocycles. The molecular weight excluding hydrogens is 334 g/mol. The standard InChI is InChI=1S/C16H12ClN3O2S/c17-11-3-1-2-10(6-11)14-7-12(20-22-14)15(21)19-16-18-13(8-23-16)9-4-5-9/h1-3,6-9H,4-5H2,(H,18,19,21). The molecule has 2 aromatic heterocycles. The largest absolute Gasteiger partial charge is 0.355 e. The molecule has 1 aliphatic carbocycles. The van der Waals surface area contributed by atoms with Crippen molar-refractivity contribution in [1.29, 1.82) is 0 Å². The van der Waals surface area contributed by atoms with E-state index in [1.807, 2.05) is 17.5 Å². The van der Waals surface area contributed by atoms with Gasteiger partial charge >= 0.3 is 0 Å². The summed E-state index contributed by atoms with van der Waals surface area (Å²) in [7, 11) is 0. The predicted octanol–water partition coefficient (Wildman–Crippen LogP) is 4.58. The lowest BCUT2D eigenvalue weighted by atomic mass is 10.1. The van der Waals surface area contributed by atoms with Crippen molar-refractivity contribution in [3.63, 3.8) is 0 Å². The highest BCUT2D eigenvalue weighted by molar-refractivity contribution is 7.14. The van der Waals surface area contributed by atoms with E-state index in [4.69, 9.17) is 16.1 Å². The van der Waals surface area contributed by atoms with Crippen LogP contribution in [0.1, 0.15) is 34.9 Å². The number of nitrogens with zero attached hydrogens (tertiary/aromatic N) is 2. The van der Waals surface area contributed by atoms with E-state index in [1.165, 1.54) is 24.2 Å². The molecule has 23 heavy (non-hydrogen) atoms. The van der Waals surface area contributed by atoms with Gasteiger partial charge in [-0.3, -0.25) is 10.1 Å². The van der Waals surface area contributed by atoms with Crippen LogP contribution >= 0.6 is 22.9 Å². The van der Waals surface area contributed by atoms with E-state index in [0.717, 1.165) is 11.3 Å². The molecule has 0 spiro atoms. The maximum Gasteiger partial charge on any atom is 0.279 e. The summed E-state index contributed by atoms with van der Waals surface area (Å²) in [5.41, 5.74) is 2.04. The van der Waals surface area contributed by atoms with Crippen molar-refractivity contribution >= 4 is 34.0 Å². The molecule has 1 saturated carbocycles. The van der Waals surface area contributed by atoms with E-state index in [1.54, 1.807) is 18.2 Å². The number of hydrogen-bond donors (Lipinski definition) is 1. The van der Waals surface area contributed by atoms with E-state index in [-0.39, 0.29) is 11.6 Å². The molecule has 2 heterocycles. The summed E-state index contributed by atoms with van der Waals surface area (Å²) in [5, 5.41) is 9.75. The van der Waals surface area contributed by atoms with Gasteiger partial charge in [-0.1, -0.05) is 28.9 Å². The second-order valence-corrected chi connectivity index (χ2v) is 6.69. The number of hydrogen-bond acceptors (Lipinski definition) is 5. The second kappa shape index (κ2) is 5.79. The van der Waals surface area contributed by atoms with Crippen LogP contribution < -0.4 is 5.32 Å². The smallest absolute Gasteiger partial charge is 0.279 e. The van der Waals surface area contributed by atoms with Gasteiger partial charge in [-0.2, -0.15) is 0 Å². The summed E-state index contributed by atoms with van der Waals surface area (Å²) >= 11 is 7.38. The lowest BCUT2D eigenvalue weighted by Gasteiger charge is -1.96. The fraction of sp³-hybridized carbons (Fsp3) is 0.188. The highest BCUT2D eigenvalue weighted by atomic mass is 35.5. The Hall–Kier alpha value is -2.18. The maximum absolute atomic E-state index is 12.2. The number of aromatic nitrogens is 2. The van der Waals surface area contributed by atoms with Crippen molar-refractivity contribution in [3.8, 4) is 11.3 Å². The third kappa shape index (κ3) is 3.13. The first-order valence-corrected chi connectivity index (χ1v) is 8.44. The van der Waals surface area contributed by atoms with Crippen LogP contribution in [-0.4, -0.2) is 16.0 Å². The van der Waals surface area contributed by atoms with E-state index in [9.17, 15) is 4.79 Å². The fourth-order valence-corrected chi connectivity index (χ4v) is 3.21. The Bertz CT molecular complexity index is 870. The molecule has 4 rings (SSSR count). The molecule has 1 aliphatic rings. The summed E-state index contributed by atoms with van der Waals surface area (Å²) in [6.45, 7) is 0. The van der Waals surface area contributed by atoms with Crippen molar-refractivity contribution in [2.45, 2.75) is 18.8 Å². The minimum Gasteiger partial charge on any atom is -0.355 e. The number of halogens is 1. The van der Waals surface area contributed by atoms with Gasteiger partial charge < -0.3 is 4.52 Å². The van der Waals surface area contributed by atoms with E-state index >= 15 is 0 Å². The van der Waals surface area contributed by atoms with Gasteiger partial charge in [-0.15, -0.1) is 11.3 Å². The molecular formula is C16H12ClN3O2S. The van der Waals surface area contributed by atoms with Crippen molar-refractivity contribution in [2.75, 3.05) is 5.32 Å². The molecule has 0 atom stereocenters. The van der Waals surface area contributed by atoms with Gasteiger partial charge in [0.1, 0.15) is 0 Å². The highest BCUT2D eigenvalue weighted by Gasteiger charge is 2.26. The van der Waals surface area contributed by atoms with Crippen LogP contribution in [0.4, 0.5) is 5.13 Å². The molecule has 5 nitrogen and oxygen atoms in total. The number of amides is 1. The van der Waals surface area contributed by atoms with Crippen molar-refractivity contribution < 1.29 is 9.32 Å². The second-order valence-electron chi connectivity index (χ2n) is 5.39. The van der Waals surface area contributed by atoms with Crippen LogP contribution in [0.15, 0.2) is 40.2 Å². The van der Waals surface area contributed by atoms with Crippen molar-refractivity contribution in [1.82, 2.24) is 10.1 Å². The van der Waals surface area contributed by atoms with Crippen molar-refractivity contribution in [3.05, 3.63) is 52.1 Å². The number of benzene rings is 1. The fourth-order valence-electron chi connectivity index (χ4n) is 2.23. The molecule has 1 N–H and O–H groups in total. The number of rotatable bonds is 4. The topological polar surface area (TPSA) is 68.0 Å². The van der Waals surface area contributed by atoms with Crippen LogP contribution in [0.25, 0.3) is 11.3 Å². The monoisotopic (exact) mass is 345 g/mol. The first kappa shape index (κ1) is 14.4. The van der Waals surface area contributed by atoms with Gasteiger partial charge in [0.2, 0.25) is 0 Å². The van der Waals surface area contributed by atoms with Crippen LogP contribution in [0, 0.1) is 0 Å². The Morgan fingerprint density at radius 2 is 2.22 bits per heavy atom. The number of carbonyl (C=O) groups excluding carboxylic acids is 1. The molecule has 0 bridgehead atoms.